The van der Waals surface area contributed by atoms with Gasteiger partial charge >= 0.3 is 0 Å². The monoisotopic (exact) mass is 325 g/mol. The Hall–Kier alpha value is -2.40. The van der Waals surface area contributed by atoms with Crippen molar-refractivity contribution in [3.05, 3.63) is 69.4 Å². The Kier molecular flexibility index (Phi) is 4.30. The van der Waals surface area contributed by atoms with Crippen LogP contribution in [0.1, 0.15) is 31.6 Å². The van der Waals surface area contributed by atoms with Gasteiger partial charge in [0.05, 0.1) is 17.1 Å². The minimum absolute atomic E-state index is 0.0497. The molecule has 0 spiro atoms. The second kappa shape index (κ2) is 6.38. The molecule has 0 bridgehead atoms. The molecule has 0 aliphatic carbocycles. The van der Waals surface area contributed by atoms with Crippen LogP contribution in [0, 0.1) is 20.8 Å². The van der Waals surface area contributed by atoms with Gasteiger partial charge in [0.25, 0.3) is 5.91 Å². The fourth-order valence-corrected chi connectivity index (χ4v) is 3.45. The van der Waals surface area contributed by atoms with Crippen molar-refractivity contribution in [2.75, 3.05) is 0 Å². The molecule has 3 rings (SSSR count). The lowest BCUT2D eigenvalue weighted by Gasteiger charge is -2.09. The van der Waals surface area contributed by atoms with Gasteiger partial charge in [-0.25, -0.2) is 4.98 Å². The van der Waals surface area contributed by atoms with Crippen LogP contribution in [-0.4, -0.2) is 15.5 Å². The fourth-order valence-electron chi connectivity index (χ4n) is 2.72. The van der Waals surface area contributed by atoms with Crippen molar-refractivity contribution >= 4 is 17.2 Å². The smallest absolute Gasteiger partial charge is 0.253 e. The first-order valence-electron chi connectivity index (χ1n) is 7.50. The highest BCUT2D eigenvalue weighted by atomic mass is 32.1. The average molecular weight is 325 g/mol. The molecule has 0 aliphatic heterocycles. The summed E-state index contributed by atoms with van der Waals surface area (Å²) >= 11 is 1.60. The number of thiazole rings is 1. The molecule has 0 saturated heterocycles. The van der Waals surface area contributed by atoms with Crippen LogP contribution in [0.15, 0.2) is 42.6 Å². The van der Waals surface area contributed by atoms with Crippen molar-refractivity contribution < 1.29 is 4.79 Å². The number of benzene rings is 1. The van der Waals surface area contributed by atoms with E-state index in [1.54, 1.807) is 11.3 Å². The predicted octanol–water partition coefficient (Wildman–Crippen LogP) is 3.79. The van der Waals surface area contributed by atoms with Gasteiger partial charge in [-0.3, -0.25) is 4.79 Å². The van der Waals surface area contributed by atoms with Crippen molar-refractivity contribution in [2.45, 2.75) is 27.3 Å². The second-order valence-corrected chi connectivity index (χ2v) is 6.80. The number of aromatic nitrogens is 2. The molecule has 5 heteroatoms. The zero-order valence-corrected chi connectivity index (χ0v) is 14.3. The molecule has 1 amide bonds. The summed E-state index contributed by atoms with van der Waals surface area (Å²) in [5.41, 5.74) is 3.78. The van der Waals surface area contributed by atoms with Gasteiger partial charge in [0.1, 0.15) is 0 Å². The predicted molar refractivity (Wildman–Crippen MR) is 93.3 cm³/mol. The number of para-hydroxylation sites is 1. The van der Waals surface area contributed by atoms with E-state index in [1.807, 2.05) is 63.4 Å². The van der Waals surface area contributed by atoms with Crippen molar-refractivity contribution in [3.63, 3.8) is 0 Å². The number of hydrogen-bond acceptors (Lipinski definition) is 3. The average Bonchev–Trinajstić information content (AvgIpc) is 3.09. The standard InChI is InChI=1S/C18H19N3OS/c1-12-9-17(13(2)21(12)15-7-5-4-6-8-15)18(22)20-11-16-10-19-14(3)23-16/h4-10H,11H2,1-3H3,(H,20,22). The minimum atomic E-state index is -0.0497. The number of hydrogen-bond donors (Lipinski definition) is 1. The van der Waals surface area contributed by atoms with Gasteiger partial charge in [-0.2, -0.15) is 0 Å². The lowest BCUT2D eigenvalue weighted by Crippen LogP contribution is -2.22. The highest BCUT2D eigenvalue weighted by Crippen LogP contribution is 2.21. The quantitative estimate of drug-likeness (QED) is 0.793. The number of carbonyl (C=O) groups is 1. The molecule has 23 heavy (non-hydrogen) atoms. The van der Waals surface area contributed by atoms with Crippen LogP contribution >= 0.6 is 11.3 Å². The third-order valence-electron chi connectivity index (χ3n) is 3.78. The normalized spacial score (nSPS) is 10.7. The van der Waals surface area contributed by atoms with Crippen molar-refractivity contribution in [1.82, 2.24) is 14.9 Å². The summed E-state index contributed by atoms with van der Waals surface area (Å²) in [6.07, 6.45) is 1.81. The molecule has 0 unspecified atom stereocenters. The number of nitrogens with zero attached hydrogens (tertiary/aromatic N) is 2. The first-order valence-corrected chi connectivity index (χ1v) is 8.32. The van der Waals surface area contributed by atoms with E-state index in [1.165, 1.54) is 0 Å². The minimum Gasteiger partial charge on any atom is -0.347 e. The van der Waals surface area contributed by atoms with Gasteiger partial charge in [-0.05, 0) is 39.0 Å². The maximum absolute atomic E-state index is 12.5. The highest BCUT2D eigenvalue weighted by molar-refractivity contribution is 7.11. The topological polar surface area (TPSA) is 46.9 Å². The van der Waals surface area contributed by atoms with E-state index < -0.39 is 0 Å². The number of nitrogens with one attached hydrogen (secondary N) is 1. The molecule has 0 aliphatic rings. The number of aryl methyl sites for hydroxylation is 2. The van der Waals surface area contributed by atoms with Crippen LogP contribution in [-0.2, 0) is 6.54 Å². The molecule has 3 aromatic rings. The summed E-state index contributed by atoms with van der Waals surface area (Å²) in [6.45, 7) is 6.47. The van der Waals surface area contributed by atoms with Crippen LogP contribution in [0.5, 0.6) is 0 Å². The maximum atomic E-state index is 12.5. The molecule has 1 aromatic carbocycles. The molecule has 0 saturated carbocycles. The summed E-state index contributed by atoms with van der Waals surface area (Å²) in [5, 5.41) is 3.99. The fraction of sp³-hybridized carbons (Fsp3) is 0.222. The van der Waals surface area contributed by atoms with Gasteiger partial charge < -0.3 is 9.88 Å². The van der Waals surface area contributed by atoms with Crippen molar-refractivity contribution in [3.8, 4) is 5.69 Å². The number of carbonyl (C=O) groups excluding carboxylic acids is 1. The second-order valence-electron chi connectivity index (χ2n) is 5.48. The molecular formula is C18H19N3OS. The number of rotatable bonds is 4. The third-order valence-corrected chi connectivity index (χ3v) is 4.70. The Labute approximate surface area is 139 Å². The zero-order valence-electron chi connectivity index (χ0n) is 13.5. The molecule has 2 heterocycles. The largest absolute Gasteiger partial charge is 0.347 e. The Morgan fingerprint density at radius 1 is 1.22 bits per heavy atom. The van der Waals surface area contributed by atoms with Gasteiger partial charge in [0.2, 0.25) is 0 Å². The highest BCUT2D eigenvalue weighted by Gasteiger charge is 2.16. The van der Waals surface area contributed by atoms with E-state index in [0.717, 1.165) is 27.0 Å². The lowest BCUT2D eigenvalue weighted by molar-refractivity contribution is 0.0950. The Bertz CT molecular complexity index is 833. The molecule has 2 aromatic heterocycles. The van der Waals surface area contributed by atoms with E-state index in [2.05, 4.69) is 14.9 Å². The van der Waals surface area contributed by atoms with E-state index in [-0.39, 0.29) is 5.91 Å². The zero-order chi connectivity index (χ0) is 16.4. The van der Waals surface area contributed by atoms with E-state index >= 15 is 0 Å². The first kappa shape index (κ1) is 15.5. The summed E-state index contributed by atoms with van der Waals surface area (Å²) in [6, 6.07) is 12.0. The molecule has 0 fully saturated rings. The maximum Gasteiger partial charge on any atom is 0.253 e. The first-order chi connectivity index (χ1) is 11.1. The summed E-state index contributed by atoms with van der Waals surface area (Å²) in [4.78, 5) is 17.8. The van der Waals surface area contributed by atoms with E-state index in [9.17, 15) is 4.79 Å². The molecular weight excluding hydrogens is 306 g/mol. The van der Waals surface area contributed by atoms with Crippen LogP contribution in [0.4, 0.5) is 0 Å². The number of amides is 1. The molecule has 1 N–H and O–H groups in total. The summed E-state index contributed by atoms with van der Waals surface area (Å²) in [5.74, 6) is -0.0497. The molecule has 0 radical (unpaired) electrons. The molecule has 118 valence electrons. The van der Waals surface area contributed by atoms with Crippen molar-refractivity contribution in [1.29, 1.82) is 0 Å². The van der Waals surface area contributed by atoms with Crippen molar-refractivity contribution in [2.24, 2.45) is 0 Å². The van der Waals surface area contributed by atoms with Gasteiger partial charge in [-0.15, -0.1) is 11.3 Å². The Morgan fingerprint density at radius 3 is 2.61 bits per heavy atom. The molecule has 4 nitrogen and oxygen atoms in total. The Balaban J connectivity index is 1.82. The SMILES string of the molecule is Cc1ncc(CNC(=O)c2cc(C)n(-c3ccccc3)c2C)s1. The van der Waals surface area contributed by atoms with E-state index in [0.29, 0.717) is 12.1 Å². The van der Waals surface area contributed by atoms with Gasteiger partial charge in [0.15, 0.2) is 0 Å². The summed E-state index contributed by atoms with van der Waals surface area (Å²) < 4.78 is 2.10. The molecule has 0 atom stereocenters. The van der Waals surface area contributed by atoms with Gasteiger partial charge in [-0.1, -0.05) is 18.2 Å². The lowest BCUT2D eigenvalue weighted by atomic mass is 10.2. The summed E-state index contributed by atoms with van der Waals surface area (Å²) in [7, 11) is 0. The third kappa shape index (κ3) is 3.19. The van der Waals surface area contributed by atoms with Crippen LogP contribution in [0.25, 0.3) is 5.69 Å². The van der Waals surface area contributed by atoms with Gasteiger partial charge in [0, 0.05) is 28.1 Å². The Morgan fingerprint density at radius 2 is 1.96 bits per heavy atom. The van der Waals surface area contributed by atoms with Crippen LogP contribution in [0.3, 0.4) is 0 Å². The van der Waals surface area contributed by atoms with Crippen LogP contribution in [0.2, 0.25) is 0 Å². The van der Waals surface area contributed by atoms with E-state index in [4.69, 9.17) is 0 Å². The van der Waals surface area contributed by atoms with Crippen LogP contribution < -0.4 is 5.32 Å².